The number of rotatable bonds is 4. The number of nitrogens with one attached hydrogen (secondary N) is 2. The second kappa shape index (κ2) is 8.67. The molecule has 1 atom stereocenters. The number of thiophene rings is 2. The Hall–Kier alpha value is -2.97. The highest BCUT2D eigenvalue weighted by Crippen LogP contribution is 2.37. The van der Waals surface area contributed by atoms with Gasteiger partial charge in [-0.25, -0.2) is 18.4 Å². The molecule has 0 radical (unpaired) electrons. The summed E-state index contributed by atoms with van der Waals surface area (Å²) in [5.74, 6) is 7.32. The zero-order valence-corrected chi connectivity index (χ0v) is 20.6. The van der Waals surface area contributed by atoms with Crippen LogP contribution in [0.1, 0.15) is 23.3 Å². The van der Waals surface area contributed by atoms with Crippen molar-refractivity contribution in [3.8, 4) is 11.8 Å². The van der Waals surface area contributed by atoms with Crippen LogP contribution in [0.4, 0.5) is 17.2 Å². The lowest BCUT2D eigenvalue weighted by Crippen LogP contribution is -2.28. The smallest absolute Gasteiger partial charge is 0.273 e. The lowest BCUT2D eigenvalue weighted by molar-refractivity contribution is 0.594. The summed E-state index contributed by atoms with van der Waals surface area (Å²) < 4.78 is 28.8. The third kappa shape index (κ3) is 3.95. The zero-order valence-electron chi connectivity index (χ0n) is 18.1. The van der Waals surface area contributed by atoms with E-state index in [-0.39, 0.29) is 6.04 Å². The average molecular weight is 508 g/mol. The van der Waals surface area contributed by atoms with Gasteiger partial charge < -0.3 is 10.6 Å². The summed E-state index contributed by atoms with van der Waals surface area (Å²) in [6.07, 6.45) is 4.48. The zero-order chi connectivity index (χ0) is 23.1. The minimum Gasteiger partial charge on any atom is -0.339 e. The van der Waals surface area contributed by atoms with E-state index < -0.39 is 10.0 Å². The largest absolute Gasteiger partial charge is 0.339 e. The molecule has 2 aliphatic heterocycles. The summed E-state index contributed by atoms with van der Waals surface area (Å²) in [5.41, 5.74) is 3.46. The number of hydrogen-bond acceptors (Lipinski definition) is 8. The molecular weight excluding hydrogens is 486 g/mol. The van der Waals surface area contributed by atoms with Crippen LogP contribution in [0.5, 0.6) is 0 Å². The van der Waals surface area contributed by atoms with Gasteiger partial charge in [-0.1, -0.05) is 17.9 Å². The first-order valence-electron chi connectivity index (χ1n) is 11.0. The standard InChI is InChI=1S/C24H21N5O2S3/c30-34(31,22-4-2-12-32-22)29-11-9-16-13-18(6-8-21(16)29)28-24-23-20(26-15-27-24)14-19(33-23)7-5-17-3-1-10-25-17/h2,4,6,8,12-15,17,25H,1,3,9-11H2,(H,26,27,28)/t17-/m1/s1. The molecule has 1 saturated heterocycles. The van der Waals surface area contributed by atoms with E-state index in [0.29, 0.717) is 17.2 Å². The van der Waals surface area contributed by atoms with Gasteiger partial charge in [0.1, 0.15) is 10.5 Å². The molecule has 0 aliphatic carbocycles. The highest BCUT2D eigenvalue weighted by atomic mass is 32.2. The lowest BCUT2D eigenvalue weighted by atomic mass is 10.1. The van der Waals surface area contributed by atoms with Crippen LogP contribution in [0.25, 0.3) is 10.2 Å². The maximum atomic E-state index is 13.0. The van der Waals surface area contributed by atoms with Gasteiger partial charge in [0.2, 0.25) is 0 Å². The van der Waals surface area contributed by atoms with Gasteiger partial charge in [0.15, 0.2) is 5.82 Å². The van der Waals surface area contributed by atoms with Crippen molar-refractivity contribution in [3.05, 3.63) is 58.5 Å². The second-order valence-corrected chi connectivity index (χ2v) is 12.3. The van der Waals surface area contributed by atoms with Crippen molar-refractivity contribution < 1.29 is 8.42 Å². The van der Waals surface area contributed by atoms with E-state index in [0.717, 1.165) is 50.8 Å². The Morgan fingerprint density at radius 2 is 2.15 bits per heavy atom. The predicted octanol–water partition coefficient (Wildman–Crippen LogP) is 4.35. The summed E-state index contributed by atoms with van der Waals surface area (Å²) >= 11 is 2.82. The van der Waals surface area contributed by atoms with Gasteiger partial charge in [-0.2, -0.15) is 0 Å². The Labute approximate surface area is 205 Å². The topological polar surface area (TPSA) is 87.2 Å². The second-order valence-electron chi connectivity index (χ2n) is 8.19. The van der Waals surface area contributed by atoms with E-state index in [1.165, 1.54) is 22.1 Å². The molecule has 3 aromatic heterocycles. The fraction of sp³-hybridized carbons (Fsp3) is 0.250. The molecule has 5 heterocycles. The fourth-order valence-electron chi connectivity index (χ4n) is 4.33. The number of anilines is 3. The summed E-state index contributed by atoms with van der Waals surface area (Å²) in [5, 5.41) is 8.58. The van der Waals surface area contributed by atoms with Crippen LogP contribution in [0.2, 0.25) is 0 Å². The van der Waals surface area contributed by atoms with Crippen LogP contribution in [-0.2, 0) is 16.4 Å². The van der Waals surface area contributed by atoms with Crippen molar-refractivity contribution in [1.82, 2.24) is 15.3 Å². The Morgan fingerprint density at radius 1 is 1.21 bits per heavy atom. The lowest BCUT2D eigenvalue weighted by Gasteiger charge is -2.18. The average Bonchev–Trinajstić information content (AvgIpc) is 3.64. The molecule has 1 aromatic carbocycles. The van der Waals surface area contributed by atoms with Crippen LogP contribution in [0.3, 0.4) is 0 Å². The number of nitrogens with zero attached hydrogens (tertiary/aromatic N) is 3. The molecule has 4 aromatic rings. The summed E-state index contributed by atoms with van der Waals surface area (Å²) in [6, 6.07) is 11.5. The summed E-state index contributed by atoms with van der Waals surface area (Å²) in [4.78, 5) is 9.83. The molecule has 0 saturated carbocycles. The van der Waals surface area contributed by atoms with Crippen molar-refractivity contribution in [2.24, 2.45) is 0 Å². The van der Waals surface area contributed by atoms with E-state index in [2.05, 4.69) is 32.4 Å². The van der Waals surface area contributed by atoms with Gasteiger partial charge in [0, 0.05) is 12.2 Å². The van der Waals surface area contributed by atoms with E-state index in [9.17, 15) is 8.42 Å². The third-order valence-electron chi connectivity index (χ3n) is 5.98. The molecule has 0 unspecified atom stereocenters. The van der Waals surface area contributed by atoms with E-state index in [4.69, 9.17) is 0 Å². The van der Waals surface area contributed by atoms with Gasteiger partial charge in [0.05, 0.1) is 26.8 Å². The van der Waals surface area contributed by atoms with Gasteiger partial charge in [-0.05, 0) is 67.1 Å². The molecule has 0 bridgehead atoms. The Kier molecular flexibility index (Phi) is 5.50. The van der Waals surface area contributed by atoms with E-state index in [1.807, 2.05) is 24.3 Å². The molecule has 1 fully saturated rings. The van der Waals surface area contributed by atoms with Gasteiger partial charge in [0.25, 0.3) is 10.0 Å². The highest BCUT2D eigenvalue weighted by molar-refractivity contribution is 7.94. The van der Waals surface area contributed by atoms with Crippen molar-refractivity contribution in [3.63, 3.8) is 0 Å². The molecule has 172 valence electrons. The van der Waals surface area contributed by atoms with E-state index >= 15 is 0 Å². The minimum atomic E-state index is -3.52. The first-order valence-corrected chi connectivity index (χ1v) is 14.2. The van der Waals surface area contributed by atoms with Crippen molar-refractivity contribution in [2.45, 2.75) is 29.5 Å². The maximum absolute atomic E-state index is 13.0. The summed E-state index contributed by atoms with van der Waals surface area (Å²) in [6.45, 7) is 1.48. The Bertz CT molecular complexity index is 1530. The number of benzene rings is 1. The number of aromatic nitrogens is 2. The van der Waals surface area contributed by atoms with Crippen LogP contribution in [0.15, 0.2) is 52.3 Å². The first-order chi connectivity index (χ1) is 16.6. The maximum Gasteiger partial charge on any atom is 0.273 e. The first kappa shape index (κ1) is 21.6. The molecule has 2 aliphatic rings. The molecule has 10 heteroatoms. The minimum absolute atomic E-state index is 0.267. The molecule has 6 rings (SSSR count). The SMILES string of the molecule is O=S(=O)(c1cccs1)N1CCc2cc(Nc3ncnc4cc(C#C[C@H]5CCCN5)sc34)ccc21. The number of sulfonamides is 1. The van der Waals surface area contributed by atoms with Crippen LogP contribution >= 0.6 is 22.7 Å². The molecule has 2 N–H and O–H groups in total. The Morgan fingerprint density at radius 3 is 2.97 bits per heavy atom. The van der Waals surface area contributed by atoms with Crippen LogP contribution in [0, 0.1) is 11.8 Å². The quantitative estimate of drug-likeness (QED) is 0.400. The number of fused-ring (bicyclic) bond motifs is 2. The van der Waals surface area contributed by atoms with Crippen LogP contribution in [-0.4, -0.2) is 37.5 Å². The van der Waals surface area contributed by atoms with E-state index in [1.54, 1.807) is 35.2 Å². The molecule has 34 heavy (non-hydrogen) atoms. The molecule has 0 spiro atoms. The van der Waals surface area contributed by atoms with Gasteiger partial charge >= 0.3 is 0 Å². The summed E-state index contributed by atoms with van der Waals surface area (Å²) in [7, 11) is -3.52. The normalized spacial score (nSPS) is 17.5. The monoisotopic (exact) mass is 507 g/mol. The highest BCUT2D eigenvalue weighted by Gasteiger charge is 2.31. The number of hydrogen-bond donors (Lipinski definition) is 2. The Balaban J connectivity index is 1.26. The fourth-order valence-corrected chi connectivity index (χ4v) is 7.85. The van der Waals surface area contributed by atoms with Crippen molar-refractivity contribution in [2.75, 3.05) is 22.7 Å². The van der Waals surface area contributed by atoms with Crippen molar-refractivity contribution in [1.29, 1.82) is 0 Å². The molecule has 7 nitrogen and oxygen atoms in total. The molecular formula is C24H21N5O2S3. The van der Waals surface area contributed by atoms with Crippen LogP contribution < -0.4 is 14.9 Å². The predicted molar refractivity (Wildman–Crippen MR) is 138 cm³/mol. The third-order valence-corrected chi connectivity index (χ3v) is 10.2. The van der Waals surface area contributed by atoms with Crippen molar-refractivity contribution >= 4 is 60.1 Å². The van der Waals surface area contributed by atoms with Gasteiger partial charge in [-0.15, -0.1) is 22.7 Å². The molecule has 0 amide bonds. The van der Waals surface area contributed by atoms with Gasteiger partial charge in [-0.3, -0.25) is 4.31 Å².